The number of methoxy groups -OCH3 is 1. The van der Waals surface area contributed by atoms with Gasteiger partial charge >= 0.3 is 0 Å². The Hall–Kier alpha value is -1.20. The summed E-state index contributed by atoms with van der Waals surface area (Å²) in [6.07, 6.45) is 0.676. The first kappa shape index (κ1) is 13.9. The molecule has 1 unspecified atom stereocenters. The lowest BCUT2D eigenvalue weighted by Crippen LogP contribution is -2.22. The molecule has 0 aromatic heterocycles. The van der Waals surface area contributed by atoms with E-state index in [1.807, 2.05) is 7.05 Å². The quantitative estimate of drug-likeness (QED) is 0.801. The number of hydrogen-bond donors (Lipinski definition) is 2. The molecule has 5 heteroatoms. The molecule has 2 N–H and O–H groups in total. The lowest BCUT2D eigenvalue weighted by Gasteiger charge is -2.18. The highest BCUT2D eigenvalue weighted by atomic mass is 19.1. The van der Waals surface area contributed by atoms with Crippen LogP contribution in [0.1, 0.15) is 18.0 Å². The van der Waals surface area contributed by atoms with Gasteiger partial charge in [0.05, 0.1) is 7.11 Å². The fourth-order valence-electron chi connectivity index (χ4n) is 1.71. The normalized spacial score (nSPS) is 12.5. The topological polar surface area (TPSA) is 33.3 Å². The van der Waals surface area contributed by atoms with E-state index in [1.54, 1.807) is 7.05 Å². The van der Waals surface area contributed by atoms with Crippen molar-refractivity contribution in [3.63, 3.8) is 0 Å². The van der Waals surface area contributed by atoms with E-state index in [-0.39, 0.29) is 11.8 Å². The molecule has 3 nitrogen and oxygen atoms in total. The molecule has 0 heterocycles. The molecule has 0 amide bonds. The summed E-state index contributed by atoms with van der Waals surface area (Å²) in [5, 5.41) is 5.95. The highest BCUT2D eigenvalue weighted by molar-refractivity contribution is 5.32. The number of benzene rings is 1. The number of ether oxygens (including phenoxy) is 1. The molecular weight excluding hydrogens is 226 g/mol. The van der Waals surface area contributed by atoms with E-state index >= 15 is 0 Å². The summed E-state index contributed by atoms with van der Waals surface area (Å²) in [4.78, 5) is 0. The third-order valence-corrected chi connectivity index (χ3v) is 2.68. The van der Waals surface area contributed by atoms with E-state index in [4.69, 9.17) is 4.74 Å². The molecule has 1 atom stereocenters. The summed E-state index contributed by atoms with van der Waals surface area (Å²) in [6, 6.07) is 2.04. The lowest BCUT2D eigenvalue weighted by molar-refractivity contribution is 0.379. The van der Waals surface area contributed by atoms with E-state index in [9.17, 15) is 8.78 Å². The molecule has 1 rings (SSSR count). The van der Waals surface area contributed by atoms with Crippen molar-refractivity contribution >= 4 is 0 Å². The molecule has 0 radical (unpaired) electrons. The Kier molecular flexibility index (Phi) is 5.31. The fourth-order valence-corrected chi connectivity index (χ4v) is 1.71. The standard InChI is InChI=1S/C12H18F2N2O/c1-15-5-4-11(16-2)8-6-10(14)12(17-3)7-9(8)13/h6-7,11,15-16H,4-5H2,1-3H3. The number of nitrogens with one attached hydrogen (secondary N) is 2. The third-order valence-electron chi connectivity index (χ3n) is 2.68. The fraction of sp³-hybridized carbons (Fsp3) is 0.500. The molecule has 1 aromatic rings. The Bertz CT molecular complexity index is 372. The second-order valence-corrected chi connectivity index (χ2v) is 3.74. The van der Waals surface area contributed by atoms with Gasteiger partial charge in [-0.1, -0.05) is 0 Å². The van der Waals surface area contributed by atoms with Gasteiger partial charge in [-0.25, -0.2) is 8.78 Å². The number of rotatable bonds is 6. The second-order valence-electron chi connectivity index (χ2n) is 3.74. The Morgan fingerprint density at radius 1 is 1.24 bits per heavy atom. The predicted octanol–water partition coefficient (Wildman–Crippen LogP) is 1.84. The van der Waals surface area contributed by atoms with Crippen molar-refractivity contribution in [1.82, 2.24) is 10.6 Å². The van der Waals surface area contributed by atoms with Gasteiger partial charge in [0.15, 0.2) is 11.6 Å². The van der Waals surface area contributed by atoms with Crippen LogP contribution >= 0.6 is 0 Å². The van der Waals surface area contributed by atoms with Crippen LogP contribution in [0.2, 0.25) is 0 Å². The highest BCUT2D eigenvalue weighted by Crippen LogP contribution is 2.26. The maximum atomic E-state index is 13.8. The van der Waals surface area contributed by atoms with E-state index in [0.717, 1.165) is 12.6 Å². The first-order valence-electron chi connectivity index (χ1n) is 5.48. The zero-order chi connectivity index (χ0) is 12.8. The molecule has 0 saturated carbocycles. The van der Waals surface area contributed by atoms with E-state index < -0.39 is 11.6 Å². The van der Waals surface area contributed by atoms with Crippen LogP contribution in [0, 0.1) is 11.6 Å². The van der Waals surface area contributed by atoms with Crippen molar-refractivity contribution in [2.75, 3.05) is 27.7 Å². The van der Waals surface area contributed by atoms with Crippen LogP contribution in [0.4, 0.5) is 8.78 Å². The van der Waals surface area contributed by atoms with Crippen molar-refractivity contribution in [2.45, 2.75) is 12.5 Å². The predicted molar refractivity (Wildman–Crippen MR) is 63.3 cm³/mol. The first-order chi connectivity index (χ1) is 8.13. The van der Waals surface area contributed by atoms with Crippen LogP contribution in [0.25, 0.3) is 0 Å². The summed E-state index contributed by atoms with van der Waals surface area (Å²) >= 11 is 0. The van der Waals surface area contributed by atoms with Crippen molar-refractivity contribution in [1.29, 1.82) is 0 Å². The van der Waals surface area contributed by atoms with Crippen LogP contribution in [0.3, 0.4) is 0 Å². The largest absolute Gasteiger partial charge is 0.494 e. The summed E-state index contributed by atoms with van der Waals surface area (Å²) in [6.45, 7) is 0.721. The minimum Gasteiger partial charge on any atom is -0.494 e. The molecule has 0 fully saturated rings. The van der Waals surface area contributed by atoms with Crippen molar-refractivity contribution < 1.29 is 13.5 Å². The zero-order valence-electron chi connectivity index (χ0n) is 10.3. The minimum atomic E-state index is -0.548. The van der Waals surface area contributed by atoms with Gasteiger partial charge in [-0.05, 0) is 33.1 Å². The van der Waals surface area contributed by atoms with Gasteiger partial charge < -0.3 is 15.4 Å². The smallest absolute Gasteiger partial charge is 0.165 e. The lowest BCUT2D eigenvalue weighted by atomic mass is 10.0. The van der Waals surface area contributed by atoms with Gasteiger partial charge in [-0.2, -0.15) is 0 Å². The zero-order valence-corrected chi connectivity index (χ0v) is 10.3. The molecule has 0 spiro atoms. The highest BCUT2D eigenvalue weighted by Gasteiger charge is 2.17. The van der Waals surface area contributed by atoms with Gasteiger partial charge in [0.25, 0.3) is 0 Å². The van der Waals surface area contributed by atoms with Gasteiger partial charge in [0.1, 0.15) is 5.82 Å². The molecule has 0 aliphatic rings. The molecule has 0 saturated heterocycles. The monoisotopic (exact) mass is 244 g/mol. The summed E-state index contributed by atoms with van der Waals surface area (Å²) in [7, 11) is 4.85. The Labute approximate surface area is 100 Å². The summed E-state index contributed by atoms with van der Waals surface area (Å²) in [5.41, 5.74) is 0.320. The maximum Gasteiger partial charge on any atom is 0.165 e. The van der Waals surface area contributed by atoms with Crippen LogP contribution in [0.15, 0.2) is 12.1 Å². The molecule has 0 aliphatic heterocycles. The molecule has 0 bridgehead atoms. The number of hydrogen-bond acceptors (Lipinski definition) is 3. The van der Waals surface area contributed by atoms with Crippen LogP contribution in [-0.4, -0.2) is 27.7 Å². The average Bonchev–Trinajstić information content (AvgIpc) is 2.33. The van der Waals surface area contributed by atoms with Crippen LogP contribution < -0.4 is 15.4 Å². The molecule has 17 heavy (non-hydrogen) atoms. The Morgan fingerprint density at radius 3 is 2.47 bits per heavy atom. The van der Waals surface area contributed by atoms with Crippen molar-refractivity contribution in [3.05, 3.63) is 29.3 Å². The third kappa shape index (κ3) is 3.38. The van der Waals surface area contributed by atoms with Gasteiger partial charge in [0.2, 0.25) is 0 Å². The Balaban J connectivity index is 2.99. The van der Waals surface area contributed by atoms with Crippen LogP contribution in [0.5, 0.6) is 5.75 Å². The molecule has 1 aromatic carbocycles. The van der Waals surface area contributed by atoms with E-state index in [1.165, 1.54) is 13.2 Å². The van der Waals surface area contributed by atoms with Crippen molar-refractivity contribution in [3.8, 4) is 5.75 Å². The minimum absolute atomic E-state index is 0.0743. The Morgan fingerprint density at radius 2 is 1.94 bits per heavy atom. The first-order valence-corrected chi connectivity index (χ1v) is 5.48. The maximum absolute atomic E-state index is 13.8. The molecule has 96 valence electrons. The van der Waals surface area contributed by atoms with Crippen molar-refractivity contribution in [2.24, 2.45) is 0 Å². The van der Waals surface area contributed by atoms with Gasteiger partial charge in [0, 0.05) is 17.7 Å². The summed E-state index contributed by atoms with van der Waals surface area (Å²) < 4.78 is 32.0. The second kappa shape index (κ2) is 6.51. The van der Waals surface area contributed by atoms with Gasteiger partial charge in [-0.3, -0.25) is 0 Å². The van der Waals surface area contributed by atoms with E-state index in [0.29, 0.717) is 12.0 Å². The molecule has 0 aliphatic carbocycles. The van der Waals surface area contributed by atoms with E-state index in [2.05, 4.69) is 10.6 Å². The SMILES string of the molecule is CNCCC(NC)c1cc(F)c(OC)cc1F. The summed E-state index contributed by atoms with van der Waals surface area (Å²) in [5.74, 6) is -1.08. The molecular formula is C12H18F2N2O. The van der Waals surface area contributed by atoms with Crippen LogP contribution in [-0.2, 0) is 0 Å². The average molecular weight is 244 g/mol. The number of halogens is 2. The van der Waals surface area contributed by atoms with Gasteiger partial charge in [-0.15, -0.1) is 0 Å².